The maximum absolute atomic E-state index is 13.8. The van der Waals surface area contributed by atoms with E-state index in [1.165, 1.54) is 37.5 Å². The van der Waals surface area contributed by atoms with Crippen LogP contribution >= 0.6 is 0 Å². The molecule has 4 rings (SSSR count). The summed E-state index contributed by atoms with van der Waals surface area (Å²) in [5, 5.41) is 7.49. The summed E-state index contributed by atoms with van der Waals surface area (Å²) in [7, 11) is 1.42. The maximum atomic E-state index is 13.8. The van der Waals surface area contributed by atoms with Gasteiger partial charge in [-0.3, -0.25) is 14.4 Å². The number of carbonyl (C=O) groups excluding carboxylic acids is 4. The van der Waals surface area contributed by atoms with Crippen LogP contribution in [0.5, 0.6) is 11.5 Å². The van der Waals surface area contributed by atoms with Gasteiger partial charge in [0.15, 0.2) is 18.1 Å². The molecule has 0 bridgehead atoms. The van der Waals surface area contributed by atoms with E-state index in [0.29, 0.717) is 27.6 Å². The van der Waals surface area contributed by atoms with Gasteiger partial charge in [-0.2, -0.15) is 0 Å². The van der Waals surface area contributed by atoms with Gasteiger partial charge in [0.25, 0.3) is 11.8 Å². The van der Waals surface area contributed by atoms with Crippen LogP contribution in [0.3, 0.4) is 0 Å². The van der Waals surface area contributed by atoms with Crippen molar-refractivity contribution in [2.24, 2.45) is 0 Å². The predicted molar refractivity (Wildman–Crippen MR) is 142 cm³/mol. The Hall–Kier alpha value is -5.19. The number of amides is 5. The van der Waals surface area contributed by atoms with Gasteiger partial charge in [0, 0.05) is 5.69 Å². The molecule has 0 saturated carbocycles. The van der Waals surface area contributed by atoms with E-state index >= 15 is 0 Å². The molecule has 0 radical (unpaired) electrons. The van der Waals surface area contributed by atoms with Gasteiger partial charge in [-0.25, -0.2) is 14.1 Å². The Morgan fingerprint density at radius 3 is 2.44 bits per heavy atom. The molecule has 0 spiro atoms. The molecule has 0 unspecified atom stereocenters. The van der Waals surface area contributed by atoms with Crippen LogP contribution in [-0.2, 0) is 14.4 Å². The topological polar surface area (TPSA) is 126 Å². The molecule has 1 heterocycles. The van der Waals surface area contributed by atoms with Crippen molar-refractivity contribution in [3.8, 4) is 11.5 Å². The summed E-state index contributed by atoms with van der Waals surface area (Å²) in [6.45, 7) is 1.09. The van der Waals surface area contributed by atoms with Crippen molar-refractivity contribution in [2.75, 3.05) is 30.9 Å². The average molecular weight is 533 g/mol. The number of nitrogens with zero attached hydrogens (tertiary/aromatic N) is 1. The molecule has 3 aromatic carbocycles. The lowest BCUT2D eigenvalue weighted by Gasteiger charge is -2.12. The molecule has 0 atom stereocenters. The number of anilines is 2. The minimum atomic E-state index is -0.790. The average Bonchev–Trinajstić information content (AvgIpc) is 3.17. The second-order valence-corrected chi connectivity index (χ2v) is 8.52. The highest BCUT2D eigenvalue weighted by Crippen LogP contribution is 2.29. The van der Waals surface area contributed by atoms with E-state index in [2.05, 4.69) is 16.0 Å². The highest BCUT2D eigenvalue weighted by molar-refractivity contribution is 6.16. The van der Waals surface area contributed by atoms with Crippen molar-refractivity contribution < 1.29 is 33.0 Å². The number of para-hydroxylation sites is 1. The lowest BCUT2D eigenvalue weighted by molar-refractivity contribution is -0.127. The van der Waals surface area contributed by atoms with Crippen molar-refractivity contribution in [3.05, 3.63) is 89.4 Å². The Labute approximate surface area is 223 Å². The summed E-state index contributed by atoms with van der Waals surface area (Å²) in [6.07, 6.45) is 1.41. The third-order valence-electron chi connectivity index (χ3n) is 5.60. The number of rotatable bonds is 9. The Bertz CT molecular complexity index is 1450. The molecule has 3 N–H and O–H groups in total. The first-order valence-corrected chi connectivity index (χ1v) is 11.8. The lowest BCUT2D eigenvalue weighted by atomic mass is 10.1. The van der Waals surface area contributed by atoms with Crippen LogP contribution in [0.25, 0.3) is 6.08 Å². The van der Waals surface area contributed by atoms with Gasteiger partial charge >= 0.3 is 6.03 Å². The van der Waals surface area contributed by atoms with E-state index < -0.39 is 30.2 Å². The molecular formula is C28H25FN4O6. The SMILES string of the molecule is COc1cc(/C=C2/NC(=O)N(CC(=O)Nc3ccccc3F)C2=O)ccc1OCC(=O)Nc1ccc(C)cc1. The van der Waals surface area contributed by atoms with Gasteiger partial charge in [-0.1, -0.05) is 35.9 Å². The minimum absolute atomic E-state index is 0.0626. The molecule has 5 amide bonds. The van der Waals surface area contributed by atoms with Gasteiger partial charge in [0.1, 0.15) is 18.1 Å². The molecule has 3 aromatic rings. The number of carbonyl (C=O) groups is 4. The normalized spacial score (nSPS) is 13.7. The second kappa shape index (κ2) is 11.9. The van der Waals surface area contributed by atoms with E-state index in [-0.39, 0.29) is 23.9 Å². The number of ether oxygens (including phenoxy) is 2. The number of imide groups is 1. The summed E-state index contributed by atoms with van der Waals surface area (Å²) < 4.78 is 24.7. The van der Waals surface area contributed by atoms with Crippen LogP contribution in [0.15, 0.2) is 72.4 Å². The molecule has 0 aliphatic carbocycles. The van der Waals surface area contributed by atoms with Crippen molar-refractivity contribution in [1.82, 2.24) is 10.2 Å². The first-order valence-electron chi connectivity index (χ1n) is 11.8. The Balaban J connectivity index is 1.38. The lowest BCUT2D eigenvalue weighted by Crippen LogP contribution is -2.38. The van der Waals surface area contributed by atoms with Gasteiger partial charge < -0.3 is 25.4 Å². The fourth-order valence-electron chi connectivity index (χ4n) is 3.65. The number of aryl methyl sites for hydroxylation is 1. The van der Waals surface area contributed by atoms with E-state index in [9.17, 15) is 23.6 Å². The second-order valence-electron chi connectivity index (χ2n) is 8.52. The molecule has 1 fully saturated rings. The molecule has 200 valence electrons. The number of hydrogen-bond acceptors (Lipinski definition) is 6. The molecule has 39 heavy (non-hydrogen) atoms. The smallest absolute Gasteiger partial charge is 0.329 e. The van der Waals surface area contributed by atoms with Crippen LogP contribution in [0.2, 0.25) is 0 Å². The number of hydrogen-bond donors (Lipinski definition) is 3. The summed E-state index contributed by atoms with van der Waals surface area (Å²) in [4.78, 5) is 50.3. The van der Waals surface area contributed by atoms with Crippen molar-refractivity contribution in [1.29, 1.82) is 0 Å². The molecule has 1 aliphatic heterocycles. The third-order valence-corrected chi connectivity index (χ3v) is 5.60. The van der Waals surface area contributed by atoms with Crippen molar-refractivity contribution in [3.63, 3.8) is 0 Å². The zero-order valence-electron chi connectivity index (χ0n) is 21.1. The first kappa shape index (κ1) is 26.9. The fraction of sp³-hybridized carbons (Fsp3) is 0.143. The van der Waals surface area contributed by atoms with E-state index in [1.807, 2.05) is 19.1 Å². The van der Waals surface area contributed by atoms with Crippen LogP contribution in [0.1, 0.15) is 11.1 Å². The number of methoxy groups -OCH3 is 1. The van der Waals surface area contributed by atoms with Crippen molar-refractivity contribution in [2.45, 2.75) is 6.92 Å². The Kier molecular flexibility index (Phi) is 8.20. The number of benzene rings is 3. The third kappa shape index (κ3) is 6.77. The fourth-order valence-corrected chi connectivity index (χ4v) is 3.65. The monoisotopic (exact) mass is 532 g/mol. The molecule has 0 aromatic heterocycles. The van der Waals surface area contributed by atoms with Gasteiger partial charge in [-0.15, -0.1) is 0 Å². The Morgan fingerprint density at radius 2 is 1.72 bits per heavy atom. The molecule has 1 saturated heterocycles. The zero-order valence-corrected chi connectivity index (χ0v) is 21.1. The summed E-state index contributed by atoms with van der Waals surface area (Å²) in [5.41, 5.74) is 2.08. The highest BCUT2D eigenvalue weighted by Gasteiger charge is 2.35. The van der Waals surface area contributed by atoms with E-state index in [4.69, 9.17) is 9.47 Å². The van der Waals surface area contributed by atoms with Crippen LogP contribution in [0.4, 0.5) is 20.6 Å². The number of nitrogens with one attached hydrogen (secondary N) is 3. The summed E-state index contributed by atoms with van der Waals surface area (Å²) in [6, 6.07) is 16.8. The minimum Gasteiger partial charge on any atom is -0.493 e. The summed E-state index contributed by atoms with van der Waals surface area (Å²) >= 11 is 0. The highest BCUT2D eigenvalue weighted by atomic mass is 19.1. The molecule has 10 nitrogen and oxygen atoms in total. The quantitative estimate of drug-likeness (QED) is 0.285. The van der Waals surface area contributed by atoms with Crippen molar-refractivity contribution >= 4 is 41.2 Å². The van der Waals surface area contributed by atoms with Crippen LogP contribution < -0.4 is 25.4 Å². The predicted octanol–water partition coefficient (Wildman–Crippen LogP) is 3.69. The number of halogens is 1. The van der Waals surface area contributed by atoms with E-state index in [1.54, 1.807) is 30.3 Å². The number of urea groups is 1. The van der Waals surface area contributed by atoms with Gasteiger partial charge in [0.2, 0.25) is 5.91 Å². The van der Waals surface area contributed by atoms with E-state index in [0.717, 1.165) is 5.56 Å². The maximum Gasteiger partial charge on any atom is 0.329 e. The summed E-state index contributed by atoms with van der Waals surface area (Å²) in [5.74, 6) is -1.87. The molecular weight excluding hydrogens is 507 g/mol. The Morgan fingerprint density at radius 1 is 0.974 bits per heavy atom. The van der Waals surface area contributed by atoms with Gasteiger partial charge in [-0.05, 0) is 55.0 Å². The van der Waals surface area contributed by atoms with Crippen LogP contribution in [-0.4, -0.2) is 48.9 Å². The first-order chi connectivity index (χ1) is 18.7. The molecule has 1 aliphatic rings. The standard InChI is InChI=1S/C28H25FN4O6/c1-17-7-10-19(11-8-17)30-26(35)16-39-23-12-9-18(14-24(23)38-2)13-22-27(36)33(28(37)32-22)15-25(34)31-21-6-4-3-5-20(21)29/h3-14H,15-16H2,1-2H3,(H,30,35)(H,31,34)(H,32,37)/b22-13+. The largest absolute Gasteiger partial charge is 0.493 e. The van der Waals surface area contributed by atoms with Crippen LogP contribution in [0, 0.1) is 12.7 Å². The van der Waals surface area contributed by atoms with Gasteiger partial charge in [0.05, 0.1) is 12.8 Å². The molecule has 11 heteroatoms. The zero-order chi connectivity index (χ0) is 27.9.